The van der Waals surface area contributed by atoms with Gasteiger partial charge in [-0.3, -0.25) is 13.7 Å². The van der Waals surface area contributed by atoms with Crippen LogP contribution in [-0.4, -0.2) is 122 Å². The molecule has 0 aliphatic heterocycles. The number of phenolic OH excluding ortho intramolecular Hbond substituents is 1. The molecule has 0 fully saturated rings. The van der Waals surface area contributed by atoms with Crippen molar-refractivity contribution in [1.29, 1.82) is 0 Å². The first-order valence-electron chi connectivity index (χ1n) is 14.9. The van der Waals surface area contributed by atoms with Crippen molar-refractivity contribution < 1.29 is 54.2 Å². The Balaban J connectivity index is 1.76. The molecule has 24 heteroatoms. The average Bonchev–Trinajstić information content (AvgIpc) is 3.05. The normalized spacial score (nSPS) is 12.4. The fourth-order valence-corrected chi connectivity index (χ4v) is 6.35. The summed E-state index contributed by atoms with van der Waals surface area (Å²) in [5.74, 6) is -1.33. The van der Waals surface area contributed by atoms with Crippen LogP contribution in [0.15, 0.2) is 62.5 Å². The van der Waals surface area contributed by atoms with Crippen molar-refractivity contribution in [3.05, 3.63) is 48.0 Å². The van der Waals surface area contributed by atoms with Crippen molar-refractivity contribution in [2.75, 3.05) is 73.1 Å². The number of rotatable bonds is 17. The molecule has 1 heterocycles. The summed E-state index contributed by atoms with van der Waals surface area (Å²) in [6.45, 7) is -0.900. The summed E-state index contributed by atoms with van der Waals surface area (Å²) in [5.41, 5.74) is 0.313. The van der Waals surface area contributed by atoms with Crippen molar-refractivity contribution in [3.63, 3.8) is 0 Å². The summed E-state index contributed by atoms with van der Waals surface area (Å²) < 4.78 is 99.0. The zero-order valence-electron chi connectivity index (χ0n) is 27.5. The standard InChI is InChI=1S/C28H35N9O12S3/c1-29-20-5-4-18-14-19(51(44,45)46)15-22(40)24(18)25(20)35-34-21-13-17(3-6-23(21)52(47,48)49)16-36(2)27-31-26(30-7-12-50(41,42)43)32-28(33-27)37(8-10-38)9-11-39/h3-6,13-15,29,38-40H,7-12,16H2,1-2H3,(H,41,42,43)(H,44,45,46)(H,47,48,49)(H,30,31,32,33). The van der Waals surface area contributed by atoms with Crippen LogP contribution in [0.5, 0.6) is 5.75 Å². The van der Waals surface area contributed by atoms with Gasteiger partial charge < -0.3 is 35.8 Å². The molecule has 3 aromatic carbocycles. The number of hydrogen-bond donors (Lipinski definition) is 8. The molecule has 0 aliphatic rings. The summed E-state index contributed by atoms with van der Waals surface area (Å²) in [4.78, 5) is 14.6. The number of anilines is 4. The number of aliphatic hydroxyl groups excluding tert-OH is 2. The molecule has 0 saturated heterocycles. The van der Waals surface area contributed by atoms with Gasteiger partial charge in [0, 0.05) is 46.3 Å². The van der Waals surface area contributed by atoms with Crippen molar-refractivity contribution >= 4 is 76.0 Å². The summed E-state index contributed by atoms with van der Waals surface area (Å²) in [7, 11) is -10.8. The van der Waals surface area contributed by atoms with Crippen molar-refractivity contribution in [3.8, 4) is 5.75 Å². The Kier molecular flexibility index (Phi) is 12.5. The van der Waals surface area contributed by atoms with Crippen molar-refractivity contribution in [2.24, 2.45) is 10.2 Å². The van der Waals surface area contributed by atoms with Gasteiger partial charge in [0.1, 0.15) is 22.0 Å². The minimum Gasteiger partial charge on any atom is -0.507 e. The number of hydrogen-bond acceptors (Lipinski definition) is 18. The van der Waals surface area contributed by atoms with E-state index in [1.54, 1.807) is 7.05 Å². The molecule has 0 radical (unpaired) electrons. The van der Waals surface area contributed by atoms with Gasteiger partial charge in [-0.15, -0.1) is 10.2 Å². The van der Waals surface area contributed by atoms with Gasteiger partial charge >= 0.3 is 0 Å². The van der Waals surface area contributed by atoms with Crippen molar-refractivity contribution in [1.82, 2.24) is 15.0 Å². The molecule has 0 atom stereocenters. The number of azo groups is 1. The van der Waals surface area contributed by atoms with Gasteiger partial charge in [-0.05, 0) is 35.2 Å². The zero-order valence-corrected chi connectivity index (χ0v) is 29.9. The van der Waals surface area contributed by atoms with Crippen LogP contribution >= 0.6 is 0 Å². The highest BCUT2D eigenvalue weighted by Crippen LogP contribution is 2.42. The Morgan fingerprint density at radius 2 is 1.50 bits per heavy atom. The van der Waals surface area contributed by atoms with Gasteiger partial charge in [0.2, 0.25) is 17.8 Å². The maximum Gasteiger partial charge on any atom is 0.296 e. The molecule has 0 bridgehead atoms. The summed E-state index contributed by atoms with van der Waals surface area (Å²) in [5, 5.41) is 43.7. The van der Waals surface area contributed by atoms with Gasteiger partial charge in [-0.25, -0.2) is 0 Å². The molecule has 0 amide bonds. The second-order valence-electron chi connectivity index (χ2n) is 11.0. The maximum atomic E-state index is 12.3. The first-order chi connectivity index (χ1) is 24.3. The summed E-state index contributed by atoms with van der Waals surface area (Å²) >= 11 is 0. The van der Waals surface area contributed by atoms with Crippen LogP contribution in [0, 0.1) is 0 Å². The van der Waals surface area contributed by atoms with Gasteiger partial charge in [0.25, 0.3) is 30.4 Å². The number of nitrogens with zero attached hydrogens (tertiary/aromatic N) is 7. The lowest BCUT2D eigenvalue weighted by Gasteiger charge is -2.24. The minimum absolute atomic E-state index is 0.00732. The highest BCUT2D eigenvalue weighted by atomic mass is 32.2. The number of fused-ring (bicyclic) bond motifs is 1. The first-order valence-corrected chi connectivity index (χ1v) is 19.4. The minimum atomic E-state index is -4.85. The number of nitrogens with one attached hydrogen (secondary N) is 2. The molecule has 8 N–H and O–H groups in total. The second-order valence-corrected chi connectivity index (χ2v) is 15.4. The number of aromatic hydroxyl groups is 1. The topological polar surface area (TPSA) is 318 Å². The van der Waals surface area contributed by atoms with Gasteiger partial charge in [-0.2, -0.15) is 40.2 Å². The molecule has 1 aromatic heterocycles. The first kappa shape index (κ1) is 40.0. The fraction of sp³-hybridized carbons (Fsp3) is 0.321. The quantitative estimate of drug-likeness (QED) is 0.0554. The molecular formula is C28H35N9O12S3. The zero-order chi connectivity index (χ0) is 38.4. The number of aromatic nitrogens is 3. The smallest absolute Gasteiger partial charge is 0.296 e. The predicted molar refractivity (Wildman–Crippen MR) is 189 cm³/mol. The largest absolute Gasteiger partial charge is 0.507 e. The molecule has 0 spiro atoms. The van der Waals surface area contributed by atoms with E-state index in [-0.39, 0.29) is 79.4 Å². The van der Waals surface area contributed by atoms with E-state index in [0.717, 1.165) is 18.2 Å². The number of benzene rings is 3. The van der Waals surface area contributed by atoms with E-state index < -0.39 is 51.6 Å². The molecule has 4 rings (SSSR count). The van der Waals surface area contributed by atoms with Gasteiger partial charge in [0.15, 0.2) is 0 Å². The Morgan fingerprint density at radius 3 is 2.10 bits per heavy atom. The SMILES string of the molecule is CNc1ccc2cc(S(=O)(=O)O)cc(O)c2c1N=Nc1cc(CN(C)c2nc(NCCS(=O)(=O)O)nc(N(CCO)CCO)n2)ccc1S(=O)(=O)O. The van der Waals surface area contributed by atoms with Crippen LogP contribution < -0.4 is 20.4 Å². The predicted octanol–water partition coefficient (Wildman–Crippen LogP) is 1.41. The second kappa shape index (κ2) is 16.2. The third kappa shape index (κ3) is 10.2. The van der Waals surface area contributed by atoms with E-state index in [1.807, 2.05) is 0 Å². The molecule has 4 aromatic rings. The Labute approximate surface area is 298 Å². The molecule has 52 heavy (non-hydrogen) atoms. The van der Waals surface area contributed by atoms with Gasteiger partial charge in [0.05, 0.1) is 34.9 Å². The molecule has 0 aliphatic carbocycles. The lowest BCUT2D eigenvalue weighted by Crippen LogP contribution is -2.32. The summed E-state index contributed by atoms with van der Waals surface area (Å²) in [6.07, 6.45) is 0. The fourth-order valence-electron chi connectivity index (χ4n) is 4.85. The Bertz CT molecular complexity index is 2300. The molecule has 0 saturated carbocycles. The van der Waals surface area contributed by atoms with E-state index in [4.69, 9.17) is 4.55 Å². The van der Waals surface area contributed by atoms with Crippen LogP contribution in [0.2, 0.25) is 0 Å². The Morgan fingerprint density at radius 1 is 0.827 bits per heavy atom. The van der Waals surface area contributed by atoms with Crippen LogP contribution in [0.4, 0.5) is 34.9 Å². The monoisotopic (exact) mass is 785 g/mol. The maximum absolute atomic E-state index is 12.3. The van der Waals surface area contributed by atoms with Crippen LogP contribution in [-0.2, 0) is 36.9 Å². The highest BCUT2D eigenvalue weighted by molar-refractivity contribution is 7.86. The number of aliphatic hydroxyl groups is 2. The van der Waals surface area contributed by atoms with Gasteiger partial charge in [-0.1, -0.05) is 12.1 Å². The lowest BCUT2D eigenvalue weighted by molar-refractivity contribution is 0.280. The number of phenols is 1. The lowest BCUT2D eigenvalue weighted by atomic mass is 10.1. The van der Waals surface area contributed by atoms with Crippen molar-refractivity contribution in [2.45, 2.75) is 16.3 Å². The highest BCUT2D eigenvalue weighted by Gasteiger charge is 2.21. The van der Waals surface area contributed by atoms with E-state index >= 15 is 0 Å². The molecule has 282 valence electrons. The van der Waals surface area contributed by atoms with E-state index in [1.165, 1.54) is 41.1 Å². The Hall–Kier alpha value is -4.82. The van der Waals surface area contributed by atoms with Crippen LogP contribution in [0.1, 0.15) is 5.56 Å². The van der Waals surface area contributed by atoms with Crippen LogP contribution in [0.25, 0.3) is 10.8 Å². The van der Waals surface area contributed by atoms with E-state index in [0.29, 0.717) is 11.3 Å². The average molecular weight is 786 g/mol. The van der Waals surface area contributed by atoms with E-state index in [2.05, 4.69) is 35.8 Å². The third-order valence-electron chi connectivity index (χ3n) is 7.21. The van der Waals surface area contributed by atoms with Crippen LogP contribution in [0.3, 0.4) is 0 Å². The molecule has 21 nitrogen and oxygen atoms in total. The molecular weight excluding hydrogens is 751 g/mol. The summed E-state index contributed by atoms with van der Waals surface area (Å²) in [6, 6.07) is 8.58. The van der Waals surface area contributed by atoms with E-state index in [9.17, 15) is 49.7 Å². The molecule has 0 unspecified atom stereocenters. The third-order valence-corrected chi connectivity index (χ3v) is 9.66.